The molecule has 1 aliphatic heterocycles. The van der Waals surface area contributed by atoms with Crippen LogP contribution >= 0.6 is 0 Å². The highest BCUT2D eigenvalue weighted by Crippen LogP contribution is 2.42. The van der Waals surface area contributed by atoms with Crippen LogP contribution < -0.4 is 14.2 Å². The van der Waals surface area contributed by atoms with Crippen molar-refractivity contribution < 1.29 is 19.0 Å². The molecule has 0 fully saturated rings. The average molecular weight is 302 g/mol. The molecule has 0 bridgehead atoms. The molecule has 1 aliphatic rings. The van der Waals surface area contributed by atoms with Gasteiger partial charge in [-0.05, 0) is 24.6 Å². The molecule has 118 valence electrons. The molecule has 0 N–H and O–H groups in total. The van der Waals surface area contributed by atoms with Crippen molar-refractivity contribution in [2.75, 3.05) is 20.8 Å². The lowest BCUT2D eigenvalue weighted by atomic mass is 9.90. The molecule has 0 spiro atoms. The van der Waals surface area contributed by atoms with Crippen molar-refractivity contribution in [3.63, 3.8) is 0 Å². The zero-order valence-electron chi connectivity index (χ0n) is 13.7. The minimum atomic E-state index is -0.143. The predicted octanol–water partition coefficient (Wildman–Crippen LogP) is 3.65. The first kappa shape index (κ1) is 16.1. The van der Waals surface area contributed by atoms with Gasteiger partial charge in [-0.25, -0.2) is 0 Å². The van der Waals surface area contributed by atoms with E-state index in [1.165, 1.54) is 6.92 Å². The summed E-state index contributed by atoms with van der Waals surface area (Å²) in [4.78, 5) is 11.3. The molecule has 0 unspecified atom stereocenters. The predicted molar refractivity (Wildman–Crippen MR) is 86.6 cm³/mol. The number of methoxy groups -OCH3 is 2. The number of fused-ring (bicyclic) bond motifs is 1. The quantitative estimate of drug-likeness (QED) is 0.796. The molecule has 0 saturated carbocycles. The summed E-state index contributed by atoms with van der Waals surface area (Å²) >= 11 is 0. The smallest absolute Gasteiger partial charge is 0.164 e. The van der Waals surface area contributed by atoms with Gasteiger partial charge in [-0.3, -0.25) is 4.79 Å². The van der Waals surface area contributed by atoms with Gasteiger partial charge in [0.05, 0.1) is 20.8 Å². The van der Waals surface area contributed by atoms with Gasteiger partial charge < -0.3 is 14.2 Å². The topological polar surface area (TPSA) is 44.8 Å². The number of allylic oxidation sites excluding steroid dienone is 3. The van der Waals surface area contributed by atoms with E-state index in [2.05, 4.69) is 19.9 Å². The van der Waals surface area contributed by atoms with Crippen LogP contribution in [-0.4, -0.2) is 26.6 Å². The summed E-state index contributed by atoms with van der Waals surface area (Å²) in [6.45, 7) is 6.27. The second-order valence-electron chi connectivity index (χ2n) is 6.02. The molecule has 1 aromatic rings. The van der Waals surface area contributed by atoms with Crippen LogP contribution in [0.3, 0.4) is 0 Å². The Kier molecular flexibility index (Phi) is 4.59. The van der Waals surface area contributed by atoms with Crippen molar-refractivity contribution >= 4 is 11.4 Å². The normalized spacial score (nSPS) is 16.3. The third-order valence-electron chi connectivity index (χ3n) is 3.44. The van der Waals surface area contributed by atoms with Gasteiger partial charge in [-0.1, -0.05) is 26.0 Å². The van der Waals surface area contributed by atoms with Gasteiger partial charge in [0.2, 0.25) is 0 Å². The fourth-order valence-electron chi connectivity index (χ4n) is 2.35. The Labute approximate surface area is 131 Å². The van der Waals surface area contributed by atoms with Crippen molar-refractivity contribution in [1.29, 1.82) is 0 Å². The molecule has 1 heterocycles. The highest BCUT2D eigenvalue weighted by molar-refractivity contribution is 5.92. The third-order valence-corrected chi connectivity index (χ3v) is 3.44. The summed E-state index contributed by atoms with van der Waals surface area (Å²) < 4.78 is 16.6. The van der Waals surface area contributed by atoms with Crippen molar-refractivity contribution in [3.8, 4) is 17.2 Å². The molecule has 0 aliphatic carbocycles. The van der Waals surface area contributed by atoms with Crippen LogP contribution in [0.1, 0.15) is 26.3 Å². The molecule has 0 radical (unpaired) electrons. The summed E-state index contributed by atoms with van der Waals surface area (Å²) in [7, 11) is 3.19. The van der Waals surface area contributed by atoms with E-state index in [0.29, 0.717) is 18.1 Å². The van der Waals surface area contributed by atoms with Crippen LogP contribution in [0.2, 0.25) is 0 Å². The van der Waals surface area contributed by atoms with Crippen molar-refractivity contribution in [3.05, 3.63) is 35.9 Å². The molecule has 22 heavy (non-hydrogen) atoms. The highest BCUT2D eigenvalue weighted by Gasteiger charge is 2.24. The van der Waals surface area contributed by atoms with Crippen LogP contribution in [0.15, 0.2) is 30.4 Å². The third kappa shape index (κ3) is 3.50. The average Bonchev–Trinajstić information content (AvgIpc) is 2.60. The maximum atomic E-state index is 11.3. The molecule has 1 aromatic carbocycles. The van der Waals surface area contributed by atoms with Gasteiger partial charge in [0.25, 0.3) is 0 Å². The van der Waals surface area contributed by atoms with Crippen LogP contribution in [-0.2, 0) is 4.79 Å². The summed E-state index contributed by atoms with van der Waals surface area (Å²) in [6, 6.07) is 3.71. The monoisotopic (exact) mass is 302 g/mol. The number of carbonyl (C=O) groups excluding carboxylic acids is 1. The molecular formula is C18H22O4. The van der Waals surface area contributed by atoms with Crippen molar-refractivity contribution in [2.24, 2.45) is 5.41 Å². The fourth-order valence-corrected chi connectivity index (χ4v) is 2.35. The maximum Gasteiger partial charge on any atom is 0.164 e. The van der Waals surface area contributed by atoms with Gasteiger partial charge in [-0.15, -0.1) is 0 Å². The first-order valence-corrected chi connectivity index (χ1v) is 7.17. The van der Waals surface area contributed by atoms with Gasteiger partial charge in [0, 0.05) is 17.0 Å². The minimum Gasteiger partial charge on any atom is -0.493 e. The molecule has 4 nitrogen and oxygen atoms in total. The first-order chi connectivity index (χ1) is 10.4. The fraction of sp³-hybridized carbons (Fsp3) is 0.389. The van der Waals surface area contributed by atoms with E-state index in [9.17, 15) is 4.79 Å². The number of rotatable bonds is 4. The van der Waals surface area contributed by atoms with E-state index in [0.717, 1.165) is 16.9 Å². The van der Waals surface area contributed by atoms with Gasteiger partial charge in [-0.2, -0.15) is 0 Å². The lowest BCUT2D eigenvalue weighted by molar-refractivity contribution is -0.112. The standard InChI is InChI=1S/C18H22O4/c1-12(19)6-7-13-10-18(2,3)11-22-15-9-17(21-5)16(20-4)8-14(13)15/h6-10H,11H2,1-5H3/b7-6+. The van der Waals surface area contributed by atoms with Crippen molar-refractivity contribution in [2.45, 2.75) is 20.8 Å². The second-order valence-corrected chi connectivity index (χ2v) is 6.02. The van der Waals surface area contributed by atoms with Crippen molar-refractivity contribution in [1.82, 2.24) is 0 Å². The maximum absolute atomic E-state index is 11.3. The van der Waals surface area contributed by atoms with Crippen LogP contribution in [0.4, 0.5) is 0 Å². The molecule has 0 atom stereocenters. The Morgan fingerprint density at radius 2 is 1.86 bits per heavy atom. The van der Waals surface area contributed by atoms with E-state index in [1.807, 2.05) is 18.2 Å². The number of benzene rings is 1. The Morgan fingerprint density at radius 1 is 1.23 bits per heavy atom. The van der Waals surface area contributed by atoms with E-state index in [-0.39, 0.29) is 11.2 Å². The van der Waals surface area contributed by atoms with Crippen LogP contribution in [0.25, 0.3) is 5.57 Å². The number of ether oxygens (including phenoxy) is 3. The number of hydrogen-bond acceptors (Lipinski definition) is 4. The van der Waals surface area contributed by atoms with E-state index in [1.54, 1.807) is 20.3 Å². The van der Waals surface area contributed by atoms with Gasteiger partial charge in [0.15, 0.2) is 17.3 Å². The SMILES string of the molecule is COc1cc2c(cc1OC)C(/C=C/C(C)=O)=CC(C)(C)CO2. The molecule has 2 rings (SSSR count). The molecular weight excluding hydrogens is 280 g/mol. The lowest BCUT2D eigenvalue weighted by Gasteiger charge is -2.18. The number of hydrogen-bond donors (Lipinski definition) is 0. The van der Waals surface area contributed by atoms with E-state index in [4.69, 9.17) is 14.2 Å². The Balaban J connectivity index is 2.60. The summed E-state index contributed by atoms with van der Waals surface area (Å²) in [5.74, 6) is 1.98. The first-order valence-electron chi connectivity index (χ1n) is 7.17. The summed E-state index contributed by atoms with van der Waals surface area (Å²) in [5.41, 5.74) is 1.69. The van der Waals surface area contributed by atoms with Gasteiger partial charge >= 0.3 is 0 Å². The molecule has 0 aromatic heterocycles. The Morgan fingerprint density at radius 3 is 2.45 bits per heavy atom. The van der Waals surface area contributed by atoms with Crippen LogP contribution in [0, 0.1) is 5.41 Å². The highest BCUT2D eigenvalue weighted by atomic mass is 16.5. The van der Waals surface area contributed by atoms with E-state index >= 15 is 0 Å². The van der Waals surface area contributed by atoms with E-state index < -0.39 is 0 Å². The zero-order chi connectivity index (χ0) is 16.3. The van der Waals surface area contributed by atoms with Crippen LogP contribution in [0.5, 0.6) is 17.2 Å². The Hall–Kier alpha value is -2.23. The minimum absolute atomic E-state index is 0.00546. The molecule has 0 amide bonds. The number of carbonyl (C=O) groups is 1. The largest absolute Gasteiger partial charge is 0.493 e. The Bertz CT molecular complexity index is 639. The number of ketones is 1. The van der Waals surface area contributed by atoms with Gasteiger partial charge in [0.1, 0.15) is 5.75 Å². The summed E-state index contributed by atoms with van der Waals surface area (Å²) in [5, 5.41) is 0. The lowest BCUT2D eigenvalue weighted by Crippen LogP contribution is -2.17. The summed E-state index contributed by atoms with van der Waals surface area (Å²) in [6.07, 6.45) is 5.50. The zero-order valence-corrected chi connectivity index (χ0v) is 13.7. The molecule has 0 saturated heterocycles. The second kappa shape index (κ2) is 6.26. The molecule has 4 heteroatoms.